The summed E-state index contributed by atoms with van der Waals surface area (Å²) in [5.74, 6) is -0.444. The molecule has 2 amide bonds. The molecule has 3 aromatic rings. The number of rotatable bonds is 2. The van der Waals surface area contributed by atoms with Crippen LogP contribution in [0.1, 0.15) is 20.7 Å². The number of hydrogen-bond donors (Lipinski definition) is 1. The van der Waals surface area contributed by atoms with Crippen LogP contribution in [0.4, 0.5) is 11.4 Å². The van der Waals surface area contributed by atoms with E-state index in [-0.39, 0.29) is 11.8 Å². The molecule has 0 aliphatic carbocycles. The van der Waals surface area contributed by atoms with Crippen molar-refractivity contribution in [2.75, 3.05) is 17.3 Å². The molecule has 4 rings (SSSR count). The zero-order valence-electron chi connectivity index (χ0n) is 14.1. The largest absolute Gasteiger partial charge is 0.322 e. The highest BCUT2D eigenvalue weighted by atomic mass is 79.9. The molecule has 27 heavy (non-hydrogen) atoms. The predicted molar refractivity (Wildman–Crippen MR) is 107 cm³/mol. The summed E-state index contributed by atoms with van der Waals surface area (Å²) >= 11 is 4.74. The summed E-state index contributed by atoms with van der Waals surface area (Å²) in [5.41, 5.74) is 2.24. The van der Waals surface area contributed by atoms with Gasteiger partial charge in [-0.1, -0.05) is 11.8 Å². The van der Waals surface area contributed by atoms with Crippen molar-refractivity contribution in [3.63, 3.8) is 0 Å². The number of nitrogens with zero attached hydrogens (tertiary/aromatic N) is 3. The minimum absolute atomic E-state index is 0.149. The average molecular weight is 441 g/mol. The van der Waals surface area contributed by atoms with Gasteiger partial charge in [0.25, 0.3) is 11.8 Å². The van der Waals surface area contributed by atoms with E-state index in [2.05, 4.69) is 31.2 Å². The van der Waals surface area contributed by atoms with E-state index in [0.717, 1.165) is 20.1 Å². The molecule has 1 N–H and O–H groups in total. The van der Waals surface area contributed by atoms with Crippen molar-refractivity contribution >= 4 is 50.9 Å². The Morgan fingerprint density at radius 1 is 1.22 bits per heavy atom. The number of nitrogens with one attached hydrogen (secondary N) is 1. The maximum atomic E-state index is 12.9. The third kappa shape index (κ3) is 3.45. The molecule has 3 heterocycles. The van der Waals surface area contributed by atoms with E-state index in [1.165, 1.54) is 18.0 Å². The van der Waals surface area contributed by atoms with E-state index in [4.69, 9.17) is 0 Å². The van der Waals surface area contributed by atoms with Crippen LogP contribution in [0.15, 0.2) is 69.4 Å². The molecule has 0 atom stereocenters. The highest BCUT2D eigenvalue weighted by Gasteiger charge is 2.25. The van der Waals surface area contributed by atoms with Crippen molar-refractivity contribution in [1.29, 1.82) is 0 Å². The van der Waals surface area contributed by atoms with Crippen LogP contribution >= 0.6 is 27.7 Å². The molecule has 0 spiro atoms. The maximum Gasteiger partial charge on any atom is 0.259 e. The van der Waals surface area contributed by atoms with Crippen LogP contribution < -0.4 is 10.2 Å². The topological polar surface area (TPSA) is 75.2 Å². The SMILES string of the molecule is CN1C(=O)c2cc(NC(=O)c3cncc(Br)c3)ccc2Sc2ncccc21. The van der Waals surface area contributed by atoms with Crippen molar-refractivity contribution < 1.29 is 9.59 Å². The van der Waals surface area contributed by atoms with Gasteiger partial charge in [0, 0.05) is 40.7 Å². The number of carbonyl (C=O) groups excluding carboxylic acids is 2. The van der Waals surface area contributed by atoms with E-state index in [9.17, 15) is 9.59 Å². The number of fused-ring (bicyclic) bond motifs is 2. The van der Waals surface area contributed by atoms with Gasteiger partial charge in [0.1, 0.15) is 5.03 Å². The van der Waals surface area contributed by atoms with Crippen LogP contribution in [0, 0.1) is 0 Å². The molecule has 0 fully saturated rings. The average Bonchev–Trinajstić information content (AvgIpc) is 2.78. The highest BCUT2D eigenvalue weighted by Crippen LogP contribution is 2.40. The predicted octanol–water partition coefficient (Wildman–Crippen LogP) is 4.23. The van der Waals surface area contributed by atoms with E-state index in [1.807, 2.05) is 12.1 Å². The molecule has 6 nitrogen and oxygen atoms in total. The lowest BCUT2D eigenvalue weighted by Crippen LogP contribution is -2.26. The fraction of sp³-hybridized carbons (Fsp3) is 0.0526. The Labute approximate surface area is 168 Å². The number of benzene rings is 1. The summed E-state index contributed by atoms with van der Waals surface area (Å²) in [6.45, 7) is 0. The van der Waals surface area contributed by atoms with E-state index in [0.29, 0.717) is 16.8 Å². The normalized spacial score (nSPS) is 12.8. The van der Waals surface area contributed by atoms with Crippen LogP contribution in [0.25, 0.3) is 0 Å². The molecule has 2 aromatic heterocycles. The summed E-state index contributed by atoms with van der Waals surface area (Å²) in [6, 6.07) is 10.6. The van der Waals surface area contributed by atoms with Gasteiger partial charge in [-0.15, -0.1) is 0 Å². The maximum absolute atomic E-state index is 12.9. The van der Waals surface area contributed by atoms with Gasteiger partial charge in [0.15, 0.2) is 0 Å². The second-order valence-electron chi connectivity index (χ2n) is 5.85. The Hall–Kier alpha value is -2.71. The van der Waals surface area contributed by atoms with Crippen molar-refractivity contribution in [2.24, 2.45) is 0 Å². The lowest BCUT2D eigenvalue weighted by molar-refractivity contribution is 0.0987. The van der Waals surface area contributed by atoms with Gasteiger partial charge < -0.3 is 10.2 Å². The first kappa shape index (κ1) is 17.7. The Morgan fingerprint density at radius 3 is 2.89 bits per heavy atom. The summed E-state index contributed by atoms with van der Waals surface area (Å²) in [4.78, 5) is 36.1. The molecule has 134 valence electrons. The Kier molecular flexibility index (Phi) is 4.67. The lowest BCUT2D eigenvalue weighted by atomic mass is 10.1. The number of pyridine rings is 2. The minimum Gasteiger partial charge on any atom is -0.322 e. The monoisotopic (exact) mass is 440 g/mol. The smallest absolute Gasteiger partial charge is 0.259 e. The zero-order chi connectivity index (χ0) is 19.0. The lowest BCUT2D eigenvalue weighted by Gasteiger charge is -2.16. The number of anilines is 2. The Bertz CT molecular complexity index is 1070. The van der Waals surface area contributed by atoms with E-state index >= 15 is 0 Å². The molecule has 1 aromatic carbocycles. The quantitative estimate of drug-likeness (QED) is 0.644. The van der Waals surface area contributed by atoms with Crippen molar-refractivity contribution in [3.8, 4) is 0 Å². The Balaban J connectivity index is 1.66. The van der Waals surface area contributed by atoms with Crippen LogP contribution in [0.2, 0.25) is 0 Å². The molecule has 0 saturated heterocycles. The van der Waals surface area contributed by atoms with Gasteiger partial charge in [0.2, 0.25) is 0 Å². The first-order valence-corrected chi connectivity index (χ1v) is 9.61. The first-order valence-electron chi connectivity index (χ1n) is 8.00. The van der Waals surface area contributed by atoms with Crippen LogP contribution in [0.5, 0.6) is 0 Å². The third-order valence-electron chi connectivity index (χ3n) is 4.06. The summed E-state index contributed by atoms with van der Waals surface area (Å²) in [5, 5.41) is 3.58. The standard InChI is InChI=1S/C19H13BrN4O2S/c1-24-15-3-2-6-22-18(15)27-16-5-4-13(8-14(16)19(24)26)23-17(25)11-7-12(20)10-21-9-11/h2-10H,1H3,(H,23,25). The van der Waals surface area contributed by atoms with Gasteiger partial charge in [-0.05, 0) is 52.3 Å². The van der Waals surface area contributed by atoms with Crippen molar-refractivity contribution in [3.05, 3.63) is 70.6 Å². The molecular formula is C19H13BrN4O2S. The summed E-state index contributed by atoms with van der Waals surface area (Å²) in [6.07, 6.45) is 4.80. The fourth-order valence-electron chi connectivity index (χ4n) is 2.71. The molecule has 0 radical (unpaired) electrons. The summed E-state index contributed by atoms with van der Waals surface area (Å²) < 4.78 is 0.718. The number of amides is 2. The van der Waals surface area contributed by atoms with Crippen LogP contribution in [-0.2, 0) is 0 Å². The zero-order valence-corrected chi connectivity index (χ0v) is 16.5. The number of carbonyl (C=O) groups is 2. The fourth-order valence-corrected chi connectivity index (χ4v) is 4.10. The van der Waals surface area contributed by atoms with Crippen molar-refractivity contribution in [1.82, 2.24) is 9.97 Å². The van der Waals surface area contributed by atoms with Gasteiger partial charge in [-0.2, -0.15) is 0 Å². The third-order valence-corrected chi connectivity index (χ3v) is 5.58. The molecule has 0 saturated carbocycles. The van der Waals surface area contributed by atoms with Gasteiger partial charge in [0.05, 0.1) is 16.8 Å². The molecule has 8 heteroatoms. The molecular weight excluding hydrogens is 428 g/mol. The van der Waals surface area contributed by atoms with Crippen LogP contribution in [-0.4, -0.2) is 28.8 Å². The van der Waals surface area contributed by atoms with E-state index < -0.39 is 0 Å². The molecule has 1 aliphatic heterocycles. The van der Waals surface area contributed by atoms with Gasteiger partial charge >= 0.3 is 0 Å². The second kappa shape index (κ2) is 7.13. The minimum atomic E-state index is -0.296. The number of halogens is 1. The van der Waals surface area contributed by atoms with Gasteiger partial charge in [-0.25, -0.2) is 4.98 Å². The molecule has 0 bridgehead atoms. The number of hydrogen-bond acceptors (Lipinski definition) is 5. The Morgan fingerprint density at radius 2 is 2.07 bits per heavy atom. The van der Waals surface area contributed by atoms with Gasteiger partial charge in [-0.3, -0.25) is 14.6 Å². The highest BCUT2D eigenvalue weighted by molar-refractivity contribution is 9.10. The molecule has 1 aliphatic rings. The number of aromatic nitrogens is 2. The van der Waals surface area contributed by atoms with Crippen LogP contribution in [0.3, 0.4) is 0 Å². The second-order valence-corrected chi connectivity index (χ2v) is 7.80. The van der Waals surface area contributed by atoms with Crippen molar-refractivity contribution in [2.45, 2.75) is 9.92 Å². The first-order chi connectivity index (χ1) is 13.0. The molecule has 0 unspecified atom stereocenters. The van der Waals surface area contributed by atoms with E-state index in [1.54, 1.807) is 48.6 Å². The summed E-state index contributed by atoms with van der Waals surface area (Å²) in [7, 11) is 1.72.